The average Bonchev–Trinajstić information content (AvgIpc) is 3.47. The highest BCUT2D eigenvalue weighted by Gasteiger charge is 2.48. The summed E-state index contributed by atoms with van der Waals surface area (Å²) in [6.07, 6.45) is 0. The van der Waals surface area contributed by atoms with Crippen LogP contribution in [0.5, 0.6) is 0 Å². The first-order valence-electron chi connectivity index (χ1n) is 8.89. The molecule has 1 N–H and O–H groups in total. The molecule has 0 saturated carbocycles. The summed E-state index contributed by atoms with van der Waals surface area (Å²) in [6, 6.07) is 17.5. The van der Waals surface area contributed by atoms with Crippen LogP contribution >= 0.6 is 22.7 Å². The maximum absolute atomic E-state index is 13.0. The van der Waals surface area contributed by atoms with E-state index in [1.54, 1.807) is 24.3 Å². The molecule has 1 saturated heterocycles. The predicted molar refractivity (Wildman–Crippen MR) is 115 cm³/mol. The van der Waals surface area contributed by atoms with Gasteiger partial charge < -0.3 is 5.11 Å². The Kier molecular flexibility index (Phi) is 4.26. The van der Waals surface area contributed by atoms with E-state index in [1.807, 2.05) is 47.2 Å². The Hall–Kier alpha value is -3.29. The van der Waals surface area contributed by atoms with Gasteiger partial charge in [0.15, 0.2) is 5.13 Å². The van der Waals surface area contributed by atoms with E-state index in [2.05, 4.69) is 4.98 Å². The molecule has 2 aromatic carbocycles. The number of carbonyl (C=O) groups is 2. The third-order valence-electron chi connectivity index (χ3n) is 4.84. The van der Waals surface area contributed by atoms with Crippen molar-refractivity contribution in [3.05, 3.63) is 88.1 Å². The number of thiophene rings is 1. The van der Waals surface area contributed by atoms with Gasteiger partial charge in [0.05, 0.1) is 21.8 Å². The molecule has 4 aromatic rings. The monoisotopic (exact) mass is 418 g/mol. The number of aliphatic hydroxyl groups is 1. The minimum absolute atomic E-state index is 0.0823. The first kappa shape index (κ1) is 17.8. The summed E-state index contributed by atoms with van der Waals surface area (Å²) >= 11 is 2.82. The first-order chi connectivity index (χ1) is 14.1. The Morgan fingerprint density at radius 1 is 1.00 bits per heavy atom. The van der Waals surface area contributed by atoms with Crippen LogP contribution in [0.1, 0.15) is 17.2 Å². The zero-order valence-electron chi connectivity index (χ0n) is 15.0. The van der Waals surface area contributed by atoms with Crippen molar-refractivity contribution >= 4 is 55.5 Å². The molecule has 7 heteroatoms. The minimum atomic E-state index is -0.720. The predicted octanol–water partition coefficient (Wildman–Crippen LogP) is 4.98. The zero-order chi connectivity index (χ0) is 20.0. The summed E-state index contributed by atoms with van der Waals surface area (Å²) < 4.78 is 0.927. The molecule has 0 bridgehead atoms. The van der Waals surface area contributed by atoms with Crippen LogP contribution in [0.3, 0.4) is 0 Å². The van der Waals surface area contributed by atoms with Crippen molar-refractivity contribution in [2.24, 2.45) is 0 Å². The lowest BCUT2D eigenvalue weighted by molar-refractivity contribution is -0.132. The van der Waals surface area contributed by atoms with E-state index in [9.17, 15) is 14.7 Å². The third-order valence-corrected chi connectivity index (χ3v) is 6.58. The number of carbonyl (C=O) groups excluding carboxylic acids is 2. The van der Waals surface area contributed by atoms with Crippen molar-refractivity contribution in [2.45, 2.75) is 6.04 Å². The van der Waals surface area contributed by atoms with Crippen LogP contribution < -0.4 is 4.90 Å². The van der Waals surface area contributed by atoms with E-state index in [0.29, 0.717) is 10.7 Å². The SMILES string of the molecule is O=C1C(=O)N(c2nc3ccccc3s2)C(c2ccsc2)/C1=C(\O)c1ccccc1. The number of rotatable bonds is 3. The van der Waals surface area contributed by atoms with Gasteiger partial charge >= 0.3 is 5.91 Å². The van der Waals surface area contributed by atoms with E-state index in [1.165, 1.54) is 27.6 Å². The highest BCUT2D eigenvalue weighted by atomic mass is 32.1. The lowest BCUT2D eigenvalue weighted by atomic mass is 9.97. The summed E-state index contributed by atoms with van der Waals surface area (Å²) in [5, 5.41) is 15.2. The summed E-state index contributed by atoms with van der Waals surface area (Å²) in [5.74, 6) is -1.57. The Morgan fingerprint density at radius 2 is 1.76 bits per heavy atom. The molecule has 1 aliphatic rings. The van der Waals surface area contributed by atoms with Crippen molar-refractivity contribution in [2.75, 3.05) is 4.90 Å². The fourth-order valence-corrected chi connectivity index (χ4v) is 5.16. The normalized spacial score (nSPS) is 18.6. The molecule has 0 radical (unpaired) electrons. The second-order valence-electron chi connectivity index (χ2n) is 6.56. The summed E-state index contributed by atoms with van der Waals surface area (Å²) in [7, 11) is 0. The first-order valence-corrected chi connectivity index (χ1v) is 10.6. The molecule has 1 atom stereocenters. The van der Waals surface area contributed by atoms with Crippen molar-refractivity contribution in [1.82, 2.24) is 4.98 Å². The van der Waals surface area contributed by atoms with Gasteiger partial charge in [-0.2, -0.15) is 11.3 Å². The third kappa shape index (κ3) is 2.86. The average molecular weight is 418 g/mol. The number of fused-ring (bicyclic) bond motifs is 1. The number of aromatic nitrogens is 1. The van der Waals surface area contributed by atoms with E-state index >= 15 is 0 Å². The number of amides is 1. The lowest BCUT2D eigenvalue weighted by Gasteiger charge is -2.21. The minimum Gasteiger partial charge on any atom is -0.507 e. The smallest absolute Gasteiger partial charge is 0.301 e. The number of ketones is 1. The van der Waals surface area contributed by atoms with Gasteiger partial charge in [0.2, 0.25) is 0 Å². The summed E-state index contributed by atoms with van der Waals surface area (Å²) in [5.41, 5.74) is 2.11. The molecule has 5 rings (SSSR count). The van der Waals surface area contributed by atoms with E-state index in [-0.39, 0.29) is 11.3 Å². The Labute approximate surface area is 174 Å². The Balaban J connectivity index is 1.73. The van der Waals surface area contributed by atoms with Crippen LogP contribution in [0, 0.1) is 0 Å². The number of Topliss-reactive ketones (excluding diaryl/α,β-unsaturated/α-hetero) is 1. The molecular weight excluding hydrogens is 404 g/mol. The van der Waals surface area contributed by atoms with Crippen molar-refractivity contribution < 1.29 is 14.7 Å². The standard InChI is InChI=1S/C22H14N2O3S2/c25-19(13-6-2-1-3-7-13)17-18(14-10-11-28-12-14)24(21(27)20(17)26)22-23-15-8-4-5-9-16(15)29-22/h1-12,18,25H/b19-17+. The number of nitrogens with zero attached hydrogens (tertiary/aromatic N) is 2. The van der Waals surface area contributed by atoms with E-state index in [4.69, 9.17) is 0 Å². The number of hydrogen-bond acceptors (Lipinski definition) is 6. The van der Waals surface area contributed by atoms with Gasteiger partial charge in [-0.05, 0) is 34.5 Å². The quantitative estimate of drug-likeness (QED) is 0.289. The van der Waals surface area contributed by atoms with Gasteiger partial charge in [-0.1, -0.05) is 53.8 Å². The number of aliphatic hydroxyl groups excluding tert-OH is 1. The highest BCUT2D eigenvalue weighted by Crippen LogP contribution is 2.44. The van der Waals surface area contributed by atoms with Crippen molar-refractivity contribution in [1.29, 1.82) is 0 Å². The van der Waals surface area contributed by atoms with Crippen LogP contribution in [-0.4, -0.2) is 21.8 Å². The van der Waals surface area contributed by atoms with Crippen LogP contribution in [0.2, 0.25) is 0 Å². The van der Waals surface area contributed by atoms with Crippen molar-refractivity contribution in [3.63, 3.8) is 0 Å². The van der Waals surface area contributed by atoms with Gasteiger partial charge in [0, 0.05) is 5.56 Å². The number of hydrogen-bond donors (Lipinski definition) is 1. The molecule has 0 spiro atoms. The molecule has 29 heavy (non-hydrogen) atoms. The second-order valence-corrected chi connectivity index (χ2v) is 8.35. The Morgan fingerprint density at radius 3 is 2.48 bits per heavy atom. The van der Waals surface area contributed by atoms with Crippen LogP contribution in [0.15, 0.2) is 77.0 Å². The van der Waals surface area contributed by atoms with Crippen LogP contribution in [-0.2, 0) is 9.59 Å². The maximum atomic E-state index is 13.0. The lowest BCUT2D eigenvalue weighted by Crippen LogP contribution is -2.29. The number of benzene rings is 2. The number of anilines is 1. The molecule has 1 fully saturated rings. The van der Waals surface area contributed by atoms with Gasteiger partial charge in [-0.3, -0.25) is 14.5 Å². The molecule has 3 heterocycles. The van der Waals surface area contributed by atoms with Gasteiger partial charge in [-0.15, -0.1) is 0 Å². The van der Waals surface area contributed by atoms with Crippen molar-refractivity contribution in [3.8, 4) is 0 Å². The fraction of sp³-hybridized carbons (Fsp3) is 0.0455. The number of thiazole rings is 1. The molecule has 1 unspecified atom stereocenters. The topological polar surface area (TPSA) is 70.5 Å². The van der Waals surface area contributed by atoms with E-state index in [0.717, 1.165) is 15.8 Å². The molecule has 142 valence electrons. The molecule has 2 aromatic heterocycles. The highest BCUT2D eigenvalue weighted by molar-refractivity contribution is 7.22. The van der Waals surface area contributed by atoms with Crippen LogP contribution in [0.25, 0.3) is 16.0 Å². The Bertz CT molecular complexity index is 1230. The van der Waals surface area contributed by atoms with Gasteiger partial charge in [0.1, 0.15) is 5.76 Å². The van der Waals surface area contributed by atoms with Gasteiger partial charge in [0.25, 0.3) is 5.78 Å². The van der Waals surface area contributed by atoms with E-state index < -0.39 is 17.7 Å². The van der Waals surface area contributed by atoms with Gasteiger partial charge in [-0.25, -0.2) is 4.98 Å². The molecule has 1 amide bonds. The van der Waals surface area contributed by atoms with Crippen LogP contribution in [0.4, 0.5) is 5.13 Å². The fourth-order valence-electron chi connectivity index (χ4n) is 3.49. The maximum Gasteiger partial charge on any atom is 0.301 e. The molecule has 1 aliphatic heterocycles. The molecular formula is C22H14N2O3S2. The molecule has 0 aliphatic carbocycles. The number of para-hydroxylation sites is 1. The second kappa shape index (κ2) is 6.95. The largest absolute Gasteiger partial charge is 0.507 e. The molecule has 5 nitrogen and oxygen atoms in total. The summed E-state index contributed by atoms with van der Waals surface area (Å²) in [6.45, 7) is 0. The summed E-state index contributed by atoms with van der Waals surface area (Å²) in [4.78, 5) is 32.0. The zero-order valence-corrected chi connectivity index (χ0v) is 16.6.